The maximum Gasteiger partial charge on any atom is 0.372 e. The molecule has 4 nitrogen and oxygen atoms in total. The molecule has 0 aliphatic heterocycles. The summed E-state index contributed by atoms with van der Waals surface area (Å²) in [5.41, 5.74) is 1.74. The molecular formula is C18H21BrFNO3. The number of hydrogen-bond donors (Lipinski definition) is 0. The monoisotopic (exact) mass is 397 g/mol. The maximum absolute atomic E-state index is 13.7. The Kier molecular flexibility index (Phi) is 7.85. The molecule has 0 radical (unpaired) electrons. The van der Waals surface area contributed by atoms with Gasteiger partial charge in [-0.25, -0.2) is 9.18 Å². The first-order valence-corrected chi connectivity index (χ1v) is 7.50. The zero-order valence-electron chi connectivity index (χ0n) is 14.0. The Labute approximate surface area is 152 Å². The van der Waals surface area contributed by atoms with Gasteiger partial charge < -0.3 is 26.5 Å². The maximum atomic E-state index is 13.7. The SMILES string of the molecule is Cc1ccc(OCc2cc[n+](CC(=O)OC(C)C)cc2)c(F)c1.[Br-]. The number of carbonyl (C=O) groups excluding carboxylic acids is 1. The third-order valence-electron chi connectivity index (χ3n) is 3.12. The number of nitrogens with zero attached hydrogens (tertiary/aromatic N) is 1. The lowest BCUT2D eigenvalue weighted by Crippen LogP contribution is -3.00. The summed E-state index contributed by atoms with van der Waals surface area (Å²) in [5.74, 6) is -0.420. The molecule has 130 valence electrons. The minimum Gasteiger partial charge on any atom is -1.00 e. The van der Waals surface area contributed by atoms with Gasteiger partial charge >= 0.3 is 5.97 Å². The molecular weight excluding hydrogens is 377 g/mol. The molecule has 0 aliphatic rings. The molecule has 0 N–H and O–H groups in total. The predicted octanol–water partition coefficient (Wildman–Crippen LogP) is -0.0438. The van der Waals surface area contributed by atoms with E-state index >= 15 is 0 Å². The van der Waals surface area contributed by atoms with Gasteiger partial charge in [0.25, 0.3) is 0 Å². The third kappa shape index (κ3) is 6.28. The van der Waals surface area contributed by atoms with Crippen molar-refractivity contribution in [1.82, 2.24) is 0 Å². The van der Waals surface area contributed by atoms with Crippen LogP contribution in [0.2, 0.25) is 0 Å². The molecule has 2 aromatic rings. The van der Waals surface area contributed by atoms with E-state index in [0.717, 1.165) is 11.1 Å². The van der Waals surface area contributed by atoms with Crippen molar-refractivity contribution in [3.8, 4) is 5.75 Å². The van der Waals surface area contributed by atoms with Crippen molar-refractivity contribution in [2.24, 2.45) is 0 Å². The number of benzene rings is 1. The van der Waals surface area contributed by atoms with Crippen LogP contribution in [0.3, 0.4) is 0 Å². The molecule has 0 spiro atoms. The first kappa shape index (κ1) is 20.1. The standard InChI is InChI=1S/C18H21FNO3.BrH/c1-13(2)23-18(21)11-20-8-6-15(7-9-20)12-22-17-5-4-14(3)10-16(17)19;/h4-10,13H,11-12H2,1-3H3;1H/q+1;/p-1. The number of halogens is 2. The number of rotatable bonds is 6. The Morgan fingerprint density at radius 1 is 1.21 bits per heavy atom. The van der Waals surface area contributed by atoms with Crippen molar-refractivity contribution in [2.75, 3.05) is 0 Å². The lowest BCUT2D eigenvalue weighted by Gasteiger charge is -2.08. The van der Waals surface area contributed by atoms with Crippen LogP contribution in [-0.2, 0) is 22.7 Å². The summed E-state index contributed by atoms with van der Waals surface area (Å²) >= 11 is 0. The average molecular weight is 398 g/mol. The molecule has 2 rings (SSSR count). The number of ether oxygens (including phenoxy) is 2. The third-order valence-corrected chi connectivity index (χ3v) is 3.12. The highest BCUT2D eigenvalue weighted by Crippen LogP contribution is 2.19. The summed E-state index contributed by atoms with van der Waals surface area (Å²) in [6, 6.07) is 8.52. The molecule has 0 saturated carbocycles. The van der Waals surface area contributed by atoms with Gasteiger partial charge in [-0.15, -0.1) is 0 Å². The first-order chi connectivity index (χ1) is 10.9. The number of pyridine rings is 1. The Morgan fingerprint density at radius 2 is 1.88 bits per heavy atom. The van der Waals surface area contributed by atoms with Gasteiger partial charge in [0, 0.05) is 17.7 Å². The van der Waals surface area contributed by atoms with E-state index in [1.54, 1.807) is 29.1 Å². The molecule has 0 saturated heterocycles. The van der Waals surface area contributed by atoms with Crippen LogP contribution < -0.4 is 26.3 Å². The molecule has 0 unspecified atom stereocenters. The first-order valence-electron chi connectivity index (χ1n) is 7.50. The van der Waals surface area contributed by atoms with Crippen LogP contribution in [0.5, 0.6) is 5.75 Å². The second-order valence-corrected chi connectivity index (χ2v) is 5.64. The predicted molar refractivity (Wildman–Crippen MR) is 83.3 cm³/mol. The van der Waals surface area contributed by atoms with Gasteiger partial charge in [-0.05, 0) is 38.5 Å². The van der Waals surface area contributed by atoms with E-state index in [9.17, 15) is 9.18 Å². The van der Waals surface area contributed by atoms with Crippen LogP contribution in [0.15, 0.2) is 42.7 Å². The largest absolute Gasteiger partial charge is 1.00 e. The fraction of sp³-hybridized carbons (Fsp3) is 0.333. The second-order valence-electron chi connectivity index (χ2n) is 5.64. The number of esters is 1. The molecule has 6 heteroatoms. The van der Waals surface area contributed by atoms with E-state index in [0.29, 0.717) is 0 Å². The lowest BCUT2D eigenvalue weighted by atomic mass is 10.2. The molecule has 1 aromatic heterocycles. The van der Waals surface area contributed by atoms with E-state index in [1.807, 2.05) is 32.9 Å². The fourth-order valence-electron chi connectivity index (χ4n) is 2.02. The van der Waals surface area contributed by atoms with Crippen LogP contribution in [0.1, 0.15) is 25.0 Å². The molecule has 0 amide bonds. The van der Waals surface area contributed by atoms with Crippen LogP contribution in [0.25, 0.3) is 0 Å². The Balaban J connectivity index is 0.00000288. The molecule has 0 fully saturated rings. The topological polar surface area (TPSA) is 39.4 Å². The molecule has 0 aliphatic carbocycles. The van der Waals surface area contributed by atoms with Crippen molar-refractivity contribution in [3.63, 3.8) is 0 Å². The van der Waals surface area contributed by atoms with Crippen molar-refractivity contribution in [1.29, 1.82) is 0 Å². The highest BCUT2D eigenvalue weighted by Gasteiger charge is 2.12. The molecule has 24 heavy (non-hydrogen) atoms. The summed E-state index contributed by atoms with van der Waals surface area (Å²) in [5, 5.41) is 0. The van der Waals surface area contributed by atoms with Crippen molar-refractivity contribution in [2.45, 2.75) is 40.0 Å². The van der Waals surface area contributed by atoms with Crippen LogP contribution >= 0.6 is 0 Å². The fourth-order valence-corrected chi connectivity index (χ4v) is 2.02. The highest BCUT2D eigenvalue weighted by molar-refractivity contribution is 5.67. The van der Waals surface area contributed by atoms with Crippen molar-refractivity contribution in [3.05, 3.63) is 59.7 Å². The highest BCUT2D eigenvalue weighted by atomic mass is 79.9. The number of carbonyl (C=O) groups is 1. The minimum absolute atomic E-state index is 0. The van der Waals surface area contributed by atoms with Gasteiger partial charge in [0.05, 0.1) is 6.10 Å². The zero-order valence-corrected chi connectivity index (χ0v) is 15.5. The number of aryl methyl sites for hydroxylation is 1. The minimum atomic E-state index is -0.368. The molecule has 0 atom stereocenters. The quantitative estimate of drug-likeness (QED) is 0.507. The number of aromatic nitrogens is 1. The van der Waals surface area contributed by atoms with E-state index in [1.165, 1.54) is 6.07 Å². The number of hydrogen-bond acceptors (Lipinski definition) is 3. The summed E-state index contributed by atoms with van der Waals surface area (Å²) in [4.78, 5) is 11.6. The molecule has 1 aromatic carbocycles. The van der Waals surface area contributed by atoms with Crippen molar-refractivity contribution >= 4 is 5.97 Å². The van der Waals surface area contributed by atoms with Crippen LogP contribution in [0.4, 0.5) is 4.39 Å². The zero-order chi connectivity index (χ0) is 16.8. The summed E-state index contributed by atoms with van der Waals surface area (Å²) < 4.78 is 26.0. The van der Waals surface area contributed by atoms with Gasteiger partial charge in [-0.3, -0.25) is 0 Å². The van der Waals surface area contributed by atoms with Crippen LogP contribution in [0, 0.1) is 12.7 Å². The van der Waals surface area contributed by atoms with Gasteiger partial charge in [-0.1, -0.05) is 6.07 Å². The van der Waals surface area contributed by atoms with Gasteiger partial charge in [-0.2, -0.15) is 4.57 Å². The molecule has 1 heterocycles. The summed E-state index contributed by atoms with van der Waals surface area (Å²) in [6.07, 6.45) is 3.41. The smallest absolute Gasteiger partial charge is 0.372 e. The average Bonchev–Trinajstić information content (AvgIpc) is 2.47. The summed E-state index contributed by atoms with van der Waals surface area (Å²) in [6.45, 7) is 5.87. The van der Waals surface area contributed by atoms with Crippen molar-refractivity contribution < 1.29 is 40.2 Å². The van der Waals surface area contributed by atoms with E-state index in [-0.39, 0.29) is 53.8 Å². The second kappa shape index (κ2) is 9.37. The van der Waals surface area contributed by atoms with E-state index in [2.05, 4.69) is 0 Å². The van der Waals surface area contributed by atoms with E-state index in [4.69, 9.17) is 9.47 Å². The molecule has 0 bridgehead atoms. The van der Waals surface area contributed by atoms with Crippen LogP contribution in [-0.4, -0.2) is 12.1 Å². The van der Waals surface area contributed by atoms with E-state index < -0.39 is 0 Å². The summed E-state index contributed by atoms with van der Waals surface area (Å²) in [7, 11) is 0. The normalized spacial score (nSPS) is 10.2. The Bertz CT molecular complexity index is 674. The van der Waals surface area contributed by atoms with Gasteiger partial charge in [0.2, 0.25) is 6.54 Å². The van der Waals surface area contributed by atoms with Gasteiger partial charge in [0.1, 0.15) is 6.61 Å². The Morgan fingerprint density at radius 3 is 2.46 bits per heavy atom. The Hall–Kier alpha value is -1.95. The lowest BCUT2D eigenvalue weighted by molar-refractivity contribution is -0.686. The van der Waals surface area contributed by atoms with Gasteiger partial charge in [0.15, 0.2) is 24.0 Å².